The largest absolute Gasteiger partial charge is 1.00 e. The van der Waals surface area contributed by atoms with Crippen molar-refractivity contribution in [2.75, 3.05) is 0 Å². The van der Waals surface area contributed by atoms with Crippen molar-refractivity contribution >= 4 is 11.0 Å². The van der Waals surface area contributed by atoms with E-state index >= 15 is 0 Å². The smallest absolute Gasteiger partial charge is 1.00 e. The molecule has 2 rings (SSSR count). The molecule has 0 aliphatic rings. The predicted octanol–water partition coefficient (Wildman–Crippen LogP) is -1.92. The summed E-state index contributed by atoms with van der Waals surface area (Å²) in [7, 11) is 1.88. The minimum atomic E-state index is 0. The second kappa shape index (κ2) is 3.34. The monoisotopic (exact) mass is 157 g/mol. The number of para-hydroxylation sites is 1. The van der Waals surface area contributed by atoms with Gasteiger partial charge >= 0.3 is 29.6 Å². The second-order valence-electron chi connectivity index (χ2n) is 2.20. The Bertz CT molecular complexity index is 360. The summed E-state index contributed by atoms with van der Waals surface area (Å²) in [6.45, 7) is 0. The standard InChI is InChI=1S/C7H7N3.Na.H/c1-10-7-5-3-2-4-6(7)8-9-10;;/h2-5H,1H3;;/q;+1;-1. The fourth-order valence-corrected chi connectivity index (χ4v) is 0.986. The van der Waals surface area contributed by atoms with Crippen LogP contribution < -0.4 is 29.6 Å². The van der Waals surface area contributed by atoms with E-state index in [1.807, 2.05) is 31.3 Å². The average Bonchev–Trinajstić information content (AvgIpc) is 2.34. The number of hydrogen-bond acceptors (Lipinski definition) is 2. The Hall–Kier alpha value is -0.380. The van der Waals surface area contributed by atoms with Crippen LogP contribution in [0.4, 0.5) is 0 Å². The van der Waals surface area contributed by atoms with Crippen LogP contribution in [0.1, 0.15) is 1.43 Å². The van der Waals surface area contributed by atoms with Crippen molar-refractivity contribution in [3.63, 3.8) is 0 Å². The molecule has 0 saturated carbocycles. The van der Waals surface area contributed by atoms with E-state index < -0.39 is 0 Å². The molecule has 0 bridgehead atoms. The maximum atomic E-state index is 3.93. The van der Waals surface area contributed by atoms with Gasteiger partial charge in [0.2, 0.25) is 0 Å². The van der Waals surface area contributed by atoms with Gasteiger partial charge < -0.3 is 1.43 Å². The van der Waals surface area contributed by atoms with Crippen molar-refractivity contribution in [1.29, 1.82) is 0 Å². The van der Waals surface area contributed by atoms with Crippen LogP contribution in [-0.2, 0) is 7.05 Å². The maximum absolute atomic E-state index is 3.93. The van der Waals surface area contributed by atoms with Crippen LogP contribution in [0.3, 0.4) is 0 Å². The first-order chi connectivity index (χ1) is 4.88. The molecule has 0 aliphatic carbocycles. The van der Waals surface area contributed by atoms with E-state index in [4.69, 9.17) is 0 Å². The number of aryl methyl sites for hydroxylation is 1. The molecule has 0 amide bonds. The van der Waals surface area contributed by atoms with Crippen LogP contribution >= 0.6 is 0 Å². The van der Waals surface area contributed by atoms with Gasteiger partial charge in [-0.3, -0.25) is 0 Å². The van der Waals surface area contributed by atoms with E-state index in [2.05, 4.69) is 10.3 Å². The first-order valence-electron chi connectivity index (χ1n) is 3.12. The molecule has 0 aliphatic heterocycles. The van der Waals surface area contributed by atoms with Crippen LogP contribution in [-0.4, -0.2) is 15.0 Å². The van der Waals surface area contributed by atoms with Crippen LogP contribution in [0.5, 0.6) is 0 Å². The Morgan fingerprint density at radius 1 is 1.36 bits per heavy atom. The number of benzene rings is 1. The Balaban J connectivity index is 0.000000605. The third kappa shape index (κ3) is 1.45. The maximum Gasteiger partial charge on any atom is 1.00 e. The summed E-state index contributed by atoms with van der Waals surface area (Å²) in [5.74, 6) is 0. The van der Waals surface area contributed by atoms with E-state index in [-0.39, 0.29) is 31.0 Å². The fourth-order valence-electron chi connectivity index (χ4n) is 0.986. The molecule has 0 atom stereocenters. The summed E-state index contributed by atoms with van der Waals surface area (Å²) in [4.78, 5) is 0. The quantitative estimate of drug-likeness (QED) is 0.418. The van der Waals surface area contributed by atoms with Crippen LogP contribution in [0.2, 0.25) is 0 Å². The minimum Gasteiger partial charge on any atom is -1.00 e. The molecule has 1 aromatic carbocycles. The molecule has 0 spiro atoms. The minimum absolute atomic E-state index is 0. The Morgan fingerprint density at radius 2 is 2.09 bits per heavy atom. The molecule has 0 fully saturated rings. The van der Waals surface area contributed by atoms with Gasteiger partial charge in [0.15, 0.2) is 0 Å². The summed E-state index contributed by atoms with van der Waals surface area (Å²) >= 11 is 0. The van der Waals surface area contributed by atoms with Gasteiger partial charge in [0.25, 0.3) is 0 Å². The van der Waals surface area contributed by atoms with E-state index in [9.17, 15) is 0 Å². The molecule has 0 radical (unpaired) electrons. The number of nitrogens with zero attached hydrogens (tertiary/aromatic N) is 3. The summed E-state index contributed by atoms with van der Waals surface area (Å²) in [5, 5.41) is 7.79. The van der Waals surface area contributed by atoms with Crippen molar-refractivity contribution in [2.45, 2.75) is 0 Å². The van der Waals surface area contributed by atoms with Crippen molar-refractivity contribution < 1.29 is 31.0 Å². The van der Waals surface area contributed by atoms with Gasteiger partial charge in [-0.15, -0.1) is 5.10 Å². The van der Waals surface area contributed by atoms with Gasteiger partial charge in [0.05, 0.1) is 5.52 Å². The van der Waals surface area contributed by atoms with Crippen molar-refractivity contribution in [3.8, 4) is 0 Å². The van der Waals surface area contributed by atoms with Gasteiger partial charge in [-0.05, 0) is 12.1 Å². The molecule has 1 aromatic heterocycles. The Kier molecular flexibility index (Phi) is 2.65. The number of rotatable bonds is 0. The molecule has 0 unspecified atom stereocenters. The molecule has 2 aromatic rings. The molecular weight excluding hydrogens is 149 g/mol. The topological polar surface area (TPSA) is 30.7 Å². The van der Waals surface area contributed by atoms with Crippen LogP contribution in [0, 0.1) is 0 Å². The van der Waals surface area contributed by atoms with Gasteiger partial charge in [-0.2, -0.15) is 0 Å². The molecule has 52 valence electrons. The number of fused-ring (bicyclic) bond motifs is 1. The van der Waals surface area contributed by atoms with Crippen LogP contribution in [0.15, 0.2) is 24.3 Å². The first kappa shape index (κ1) is 8.71. The van der Waals surface area contributed by atoms with E-state index in [0.717, 1.165) is 11.0 Å². The van der Waals surface area contributed by atoms with Gasteiger partial charge in [-0.25, -0.2) is 4.68 Å². The Labute approximate surface area is 88.2 Å². The van der Waals surface area contributed by atoms with E-state index in [1.54, 1.807) is 4.68 Å². The Morgan fingerprint density at radius 3 is 2.82 bits per heavy atom. The third-order valence-electron chi connectivity index (χ3n) is 1.52. The van der Waals surface area contributed by atoms with E-state index in [0.29, 0.717) is 0 Å². The molecule has 3 nitrogen and oxygen atoms in total. The molecule has 0 saturated heterocycles. The zero-order chi connectivity index (χ0) is 6.97. The summed E-state index contributed by atoms with van der Waals surface area (Å²) in [5.41, 5.74) is 2.02. The first-order valence-corrected chi connectivity index (χ1v) is 3.12. The number of hydrogen-bond donors (Lipinski definition) is 0. The van der Waals surface area contributed by atoms with Gasteiger partial charge in [-0.1, -0.05) is 17.3 Å². The van der Waals surface area contributed by atoms with Gasteiger partial charge in [0.1, 0.15) is 5.52 Å². The zero-order valence-electron chi connectivity index (χ0n) is 7.65. The van der Waals surface area contributed by atoms with Crippen molar-refractivity contribution in [3.05, 3.63) is 24.3 Å². The second-order valence-corrected chi connectivity index (χ2v) is 2.20. The van der Waals surface area contributed by atoms with Crippen molar-refractivity contribution in [1.82, 2.24) is 15.0 Å². The van der Waals surface area contributed by atoms with Crippen LogP contribution in [0.25, 0.3) is 11.0 Å². The molecular formula is C7H8N3Na. The fraction of sp³-hybridized carbons (Fsp3) is 0.143. The third-order valence-corrected chi connectivity index (χ3v) is 1.52. The average molecular weight is 157 g/mol. The molecule has 1 heterocycles. The number of aromatic nitrogens is 3. The predicted molar refractivity (Wildman–Crippen MR) is 39.6 cm³/mol. The molecule has 0 N–H and O–H groups in total. The summed E-state index contributed by atoms with van der Waals surface area (Å²) in [6.07, 6.45) is 0. The molecule has 4 heteroatoms. The summed E-state index contributed by atoms with van der Waals surface area (Å²) in [6, 6.07) is 7.88. The SMILES string of the molecule is Cn1nnc2ccccc21.[H-].[Na+]. The van der Waals surface area contributed by atoms with Gasteiger partial charge in [0, 0.05) is 7.05 Å². The normalized spacial score (nSPS) is 9.55. The van der Waals surface area contributed by atoms with Crippen molar-refractivity contribution in [2.24, 2.45) is 7.05 Å². The zero-order valence-corrected chi connectivity index (χ0v) is 8.65. The summed E-state index contributed by atoms with van der Waals surface area (Å²) < 4.78 is 1.76. The van der Waals surface area contributed by atoms with E-state index in [1.165, 1.54) is 0 Å². The molecule has 11 heavy (non-hydrogen) atoms.